The predicted molar refractivity (Wildman–Crippen MR) is 68.4 cm³/mol. The zero-order valence-electron chi connectivity index (χ0n) is 10.1. The average Bonchev–Trinajstić information content (AvgIpc) is 2.81. The maximum atomic E-state index is 11.9. The molecule has 0 atom stereocenters. The van der Waals surface area contributed by atoms with Gasteiger partial charge < -0.3 is 5.11 Å². The summed E-state index contributed by atoms with van der Waals surface area (Å²) in [6.07, 6.45) is 0.598. The summed E-state index contributed by atoms with van der Waals surface area (Å²) in [6.45, 7) is 1.50. The Morgan fingerprint density at radius 3 is 2.78 bits per heavy atom. The Labute approximate surface area is 106 Å². The molecule has 2 rings (SSSR count). The molecule has 0 aliphatic carbocycles. The molecule has 0 saturated heterocycles. The molecule has 0 amide bonds. The molecule has 18 heavy (non-hydrogen) atoms. The lowest BCUT2D eigenvalue weighted by Crippen LogP contribution is -2.30. The molecule has 0 unspecified atom stereocenters. The molecule has 0 aromatic heterocycles. The second-order valence-electron chi connectivity index (χ2n) is 4.15. The minimum Gasteiger partial charge on any atom is -0.388 e. The van der Waals surface area contributed by atoms with Crippen LogP contribution in [0.3, 0.4) is 0 Å². The highest BCUT2D eigenvalue weighted by Crippen LogP contribution is 2.31. The number of aliphatic hydroxyl groups excluding tert-OH is 1. The molecule has 1 aliphatic rings. The van der Waals surface area contributed by atoms with Crippen molar-refractivity contribution in [2.45, 2.75) is 13.3 Å². The van der Waals surface area contributed by atoms with E-state index in [0.717, 1.165) is 5.56 Å². The second-order valence-corrected chi connectivity index (χ2v) is 6.33. The number of carbonyl (C=O) groups is 1. The molecule has 0 spiro atoms. The van der Waals surface area contributed by atoms with Crippen LogP contribution in [0.2, 0.25) is 0 Å². The Hall–Kier alpha value is -1.40. The fraction of sp³-hybridized carbons (Fsp3) is 0.417. The molecule has 1 aromatic rings. The zero-order chi connectivity index (χ0) is 13.3. The lowest BCUT2D eigenvalue weighted by atomic mass is 10.1. The van der Waals surface area contributed by atoms with Gasteiger partial charge in [-0.1, -0.05) is 0 Å². The van der Waals surface area contributed by atoms with E-state index in [0.29, 0.717) is 24.2 Å². The molecule has 0 fully saturated rings. The highest BCUT2D eigenvalue weighted by Gasteiger charge is 2.28. The number of Topliss-reactive ketones (excluding diaryl/α,β-unsaturated/α-hetero) is 1. The van der Waals surface area contributed by atoms with Gasteiger partial charge >= 0.3 is 0 Å². The van der Waals surface area contributed by atoms with E-state index in [1.807, 2.05) is 0 Å². The van der Waals surface area contributed by atoms with Crippen LogP contribution in [0.15, 0.2) is 18.2 Å². The monoisotopic (exact) mass is 269 g/mol. The van der Waals surface area contributed by atoms with Crippen LogP contribution in [0, 0.1) is 0 Å². The molecule has 1 N–H and O–H groups in total. The van der Waals surface area contributed by atoms with Gasteiger partial charge in [0.25, 0.3) is 0 Å². The largest absolute Gasteiger partial charge is 0.388 e. The van der Waals surface area contributed by atoms with E-state index in [1.54, 1.807) is 25.1 Å². The predicted octanol–water partition coefficient (Wildman–Crippen LogP) is 0.574. The average molecular weight is 269 g/mol. The van der Waals surface area contributed by atoms with Crippen molar-refractivity contribution in [3.8, 4) is 0 Å². The summed E-state index contributed by atoms with van der Waals surface area (Å²) in [6, 6.07) is 4.86. The molecule has 1 aromatic carbocycles. The molecule has 1 heterocycles. The highest BCUT2D eigenvalue weighted by molar-refractivity contribution is 7.92. The van der Waals surface area contributed by atoms with Crippen molar-refractivity contribution in [3.63, 3.8) is 0 Å². The number of aliphatic hydroxyl groups is 1. The number of rotatable bonds is 4. The SMILES string of the molecule is CCS(=O)(=O)N1CCc2cc(C(=O)CO)ccc21. The van der Waals surface area contributed by atoms with Crippen molar-refractivity contribution in [2.75, 3.05) is 23.2 Å². The zero-order valence-corrected chi connectivity index (χ0v) is 10.9. The number of hydrogen-bond donors (Lipinski definition) is 1. The third kappa shape index (κ3) is 2.13. The van der Waals surface area contributed by atoms with Gasteiger partial charge in [0.05, 0.1) is 11.4 Å². The topological polar surface area (TPSA) is 74.7 Å². The van der Waals surface area contributed by atoms with Gasteiger partial charge in [0.15, 0.2) is 5.78 Å². The molecular weight excluding hydrogens is 254 g/mol. The maximum absolute atomic E-state index is 11.9. The van der Waals surface area contributed by atoms with Crippen molar-refractivity contribution in [3.05, 3.63) is 29.3 Å². The van der Waals surface area contributed by atoms with Gasteiger partial charge in [0.1, 0.15) is 6.61 Å². The van der Waals surface area contributed by atoms with Crippen molar-refractivity contribution in [1.82, 2.24) is 0 Å². The fourth-order valence-electron chi connectivity index (χ4n) is 2.08. The summed E-state index contributed by atoms with van der Waals surface area (Å²) in [7, 11) is -3.25. The third-order valence-corrected chi connectivity index (χ3v) is 4.88. The van der Waals surface area contributed by atoms with Crippen molar-refractivity contribution >= 4 is 21.5 Å². The number of sulfonamides is 1. The fourth-order valence-corrected chi connectivity index (χ4v) is 3.24. The van der Waals surface area contributed by atoms with E-state index in [2.05, 4.69) is 0 Å². The maximum Gasteiger partial charge on any atom is 0.234 e. The Morgan fingerprint density at radius 1 is 1.44 bits per heavy atom. The van der Waals surface area contributed by atoms with E-state index >= 15 is 0 Å². The van der Waals surface area contributed by atoms with E-state index in [9.17, 15) is 13.2 Å². The first kappa shape index (κ1) is 13.0. The molecule has 0 saturated carbocycles. The Balaban J connectivity index is 2.40. The lowest BCUT2D eigenvalue weighted by Gasteiger charge is -2.18. The van der Waals surface area contributed by atoms with Gasteiger partial charge in [0, 0.05) is 12.1 Å². The van der Waals surface area contributed by atoms with Crippen LogP contribution in [0.25, 0.3) is 0 Å². The first-order chi connectivity index (χ1) is 8.49. The van der Waals surface area contributed by atoms with Gasteiger partial charge in [-0.15, -0.1) is 0 Å². The summed E-state index contributed by atoms with van der Waals surface area (Å²) >= 11 is 0. The van der Waals surface area contributed by atoms with Crippen LogP contribution >= 0.6 is 0 Å². The Kier molecular flexibility index (Phi) is 3.41. The molecule has 0 radical (unpaired) electrons. The first-order valence-corrected chi connectivity index (χ1v) is 7.38. The van der Waals surface area contributed by atoms with Crippen LogP contribution in [0.4, 0.5) is 5.69 Å². The van der Waals surface area contributed by atoms with E-state index in [-0.39, 0.29) is 11.5 Å². The summed E-state index contributed by atoms with van der Waals surface area (Å²) < 4.78 is 25.1. The molecule has 5 nitrogen and oxygen atoms in total. The standard InChI is InChI=1S/C12H15NO4S/c1-2-18(16,17)13-6-5-9-7-10(12(15)8-14)3-4-11(9)13/h3-4,7,14H,2,5-6,8H2,1H3. The number of nitrogens with zero attached hydrogens (tertiary/aromatic N) is 1. The summed E-state index contributed by atoms with van der Waals surface area (Å²) in [5.41, 5.74) is 1.91. The molecule has 6 heteroatoms. The van der Waals surface area contributed by atoms with Gasteiger partial charge in [-0.3, -0.25) is 9.10 Å². The Bertz CT molecular complexity index is 580. The van der Waals surface area contributed by atoms with Crippen molar-refractivity contribution in [2.24, 2.45) is 0 Å². The van der Waals surface area contributed by atoms with Crippen molar-refractivity contribution in [1.29, 1.82) is 0 Å². The van der Waals surface area contributed by atoms with Crippen LogP contribution in [0.5, 0.6) is 0 Å². The summed E-state index contributed by atoms with van der Waals surface area (Å²) in [5, 5.41) is 8.80. The van der Waals surface area contributed by atoms with Crippen LogP contribution in [-0.2, 0) is 16.4 Å². The molecule has 1 aliphatic heterocycles. The van der Waals surface area contributed by atoms with Gasteiger partial charge in [0.2, 0.25) is 10.0 Å². The second kappa shape index (κ2) is 4.70. The Morgan fingerprint density at radius 2 is 2.17 bits per heavy atom. The molecular formula is C12H15NO4S. The molecule has 98 valence electrons. The third-order valence-electron chi connectivity index (χ3n) is 3.10. The van der Waals surface area contributed by atoms with E-state index in [4.69, 9.17) is 5.11 Å². The number of anilines is 1. The minimum atomic E-state index is -3.25. The van der Waals surface area contributed by atoms with E-state index in [1.165, 1.54) is 4.31 Å². The first-order valence-electron chi connectivity index (χ1n) is 5.77. The minimum absolute atomic E-state index is 0.0593. The van der Waals surface area contributed by atoms with Crippen LogP contribution in [-0.4, -0.2) is 38.2 Å². The normalized spacial score (nSPS) is 14.7. The van der Waals surface area contributed by atoms with Gasteiger partial charge in [-0.25, -0.2) is 8.42 Å². The summed E-state index contributed by atoms with van der Waals surface area (Å²) in [4.78, 5) is 11.4. The van der Waals surface area contributed by atoms with Gasteiger partial charge in [-0.05, 0) is 37.1 Å². The van der Waals surface area contributed by atoms with E-state index < -0.39 is 16.6 Å². The quantitative estimate of drug-likeness (QED) is 0.811. The number of hydrogen-bond acceptors (Lipinski definition) is 4. The lowest BCUT2D eigenvalue weighted by molar-refractivity contribution is 0.0903. The molecule has 0 bridgehead atoms. The van der Waals surface area contributed by atoms with Crippen LogP contribution in [0.1, 0.15) is 22.8 Å². The summed E-state index contributed by atoms with van der Waals surface area (Å²) in [5.74, 6) is -0.293. The van der Waals surface area contributed by atoms with Gasteiger partial charge in [-0.2, -0.15) is 0 Å². The van der Waals surface area contributed by atoms with Crippen LogP contribution < -0.4 is 4.31 Å². The highest BCUT2D eigenvalue weighted by atomic mass is 32.2. The van der Waals surface area contributed by atoms with Crippen molar-refractivity contribution < 1.29 is 18.3 Å². The number of fused-ring (bicyclic) bond motifs is 1. The number of ketones is 1. The number of benzene rings is 1. The smallest absolute Gasteiger partial charge is 0.234 e. The number of carbonyl (C=O) groups excluding carboxylic acids is 1.